The van der Waals surface area contributed by atoms with Crippen molar-refractivity contribution in [1.29, 1.82) is 0 Å². The molecule has 3 heterocycles. The molecule has 4 rings (SSSR count). The van der Waals surface area contributed by atoms with Crippen molar-refractivity contribution in [2.24, 2.45) is 0 Å². The fourth-order valence-corrected chi connectivity index (χ4v) is 3.48. The number of benzene rings is 1. The quantitative estimate of drug-likeness (QED) is 0.923. The minimum absolute atomic E-state index is 0.000149. The largest absolute Gasteiger partial charge is 0.373 e. The first-order valence-electron chi connectivity index (χ1n) is 7.99. The summed E-state index contributed by atoms with van der Waals surface area (Å²) >= 11 is 0. The summed E-state index contributed by atoms with van der Waals surface area (Å²) in [4.78, 5) is 16.8. The molecule has 2 aliphatic rings. The van der Waals surface area contributed by atoms with Crippen LogP contribution in [0, 0.1) is 0 Å². The summed E-state index contributed by atoms with van der Waals surface area (Å²) in [6.07, 6.45) is 1.70. The Morgan fingerprint density at radius 1 is 1.26 bits per heavy atom. The Morgan fingerprint density at radius 2 is 2.13 bits per heavy atom. The van der Waals surface area contributed by atoms with Crippen molar-refractivity contribution < 1.29 is 9.53 Å². The highest BCUT2D eigenvalue weighted by Crippen LogP contribution is 2.25. The third-order valence-corrected chi connectivity index (χ3v) is 4.66. The molecule has 2 aromatic rings. The Balaban J connectivity index is 1.47. The molecule has 23 heavy (non-hydrogen) atoms. The molecule has 0 saturated carbocycles. The molecule has 0 spiro atoms. The van der Waals surface area contributed by atoms with E-state index < -0.39 is 0 Å². The monoisotopic (exact) mass is 312 g/mol. The fourth-order valence-electron chi connectivity index (χ4n) is 3.48. The van der Waals surface area contributed by atoms with Gasteiger partial charge in [-0.3, -0.25) is 14.8 Å². The Kier molecular flexibility index (Phi) is 3.85. The average molecular weight is 312 g/mol. The number of carbonyl (C=O) groups excluding carboxylic acids is 1. The summed E-state index contributed by atoms with van der Waals surface area (Å²) in [6, 6.07) is 12.4. The van der Waals surface area contributed by atoms with E-state index in [0.717, 1.165) is 19.7 Å². The summed E-state index contributed by atoms with van der Waals surface area (Å²) in [7, 11) is 0. The molecule has 0 radical (unpaired) electrons. The summed E-state index contributed by atoms with van der Waals surface area (Å²) in [5, 5.41) is 6.61. The van der Waals surface area contributed by atoms with Gasteiger partial charge >= 0.3 is 0 Å². The number of hydrogen-bond donors (Lipinski definition) is 1. The molecule has 1 N–H and O–H groups in total. The van der Waals surface area contributed by atoms with Gasteiger partial charge in [-0.2, -0.15) is 5.10 Å². The minimum atomic E-state index is 0.000149. The standard InChI is InChI=1S/C17H20N4O2/c22-17(14-6-7-18-19-14)21-11-15-16(12-21)23-9-8-20(15)10-13-4-2-1-3-5-13/h1-7,15-16H,8-12H2,(H,18,19)/t15-,16-/m1/s1. The van der Waals surface area contributed by atoms with Crippen LogP contribution in [0.25, 0.3) is 0 Å². The van der Waals surface area contributed by atoms with Gasteiger partial charge in [-0.15, -0.1) is 0 Å². The number of amides is 1. The van der Waals surface area contributed by atoms with E-state index in [0.29, 0.717) is 18.8 Å². The van der Waals surface area contributed by atoms with E-state index in [4.69, 9.17) is 4.74 Å². The first-order valence-corrected chi connectivity index (χ1v) is 7.99. The second kappa shape index (κ2) is 6.14. The van der Waals surface area contributed by atoms with Gasteiger partial charge in [0.15, 0.2) is 0 Å². The number of likely N-dealkylation sites (tertiary alicyclic amines) is 1. The summed E-state index contributed by atoms with van der Waals surface area (Å²) in [6.45, 7) is 3.88. The molecule has 6 heteroatoms. The maximum Gasteiger partial charge on any atom is 0.272 e. The summed E-state index contributed by atoms with van der Waals surface area (Å²) in [5.74, 6) is 0.000149. The Bertz CT molecular complexity index is 658. The van der Waals surface area contributed by atoms with Crippen molar-refractivity contribution in [2.45, 2.75) is 18.7 Å². The van der Waals surface area contributed by atoms with Crippen molar-refractivity contribution in [1.82, 2.24) is 20.0 Å². The van der Waals surface area contributed by atoms with E-state index in [1.807, 2.05) is 11.0 Å². The number of carbonyl (C=O) groups is 1. The number of nitrogens with zero attached hydrogens (tertiary/aromatic N) is 3. The van der Waals surface area contributed by atoms with Crippen LogP contribution in [0.5, 0.6) is 0 Å². The lowest BCUT2D eigenvalue weighted by molar-refractivity contribution is -0.0503. The van der Waals surface area contributed by atoms with Gasteiger partial charge in [0, 0.05) is 32.4 Å². The van der Waals surface area contributed by atoms with Gasteiger partial charge in [0.1, 0.15) is 5.69 Å². The molecule has 2 aliphatic heterocycles. The number of nitrogens with one attached hydrogen (secondary N) is 1. The molecule has 2 atom stereocenters. The average Bonchev–Trinajstić information content (AvgIpc) is 3.25. The molecule has 0 bridgehead atoms. The van der Waals surface area contributed by atoms with Gasteiger partial charge in [0.2, 0.25) is 0 Å². The van der Waals surface area contributed by atoms with Crippen LogP contribution < -0.4 is 0 Å². The molecular weight excluding hydrogens is 292 g/mol. The zero-order valence-electron chi connectivity index (χ0n) is 12.9. The van der Waals surface area contributed by atoms with Crippen LogP contribution >= 0.6 is 0 Å². The lowest BCUT2D eigenvalue weighted by atomic mass is 10.1. The van der Waals surface area contributed by atoms with E-state index >= 15 is 0 Å². The molecule has 0 aliphatic carbocycles. The second-order valence-corrected chi connectivity index (χ2v) is 6.11. The van der Waals surface area contributed by atoms with Crippen LogP contribution in [0.2, 0.25) is 0 Å². The molecule has 1 amide bonds. The first kappa shape index (κ1) is 14.4. The number of ether oxygens (including phenoxy) is 1. The van der Waals surface area contributed by atoms with Gasteiger partial charge in [-0.25, -0.2) is 0 Å². The highest BCUT2D eigenvalue weighted by molar-refractivity contribution is 5.92. The topological polar surface area (TPSA) is 61.5 Å². The molecule has 6 nitrogen and oxygen atoms in total. The number of hydrogen-bond acceptors (Lipinski definition) is 4. The lowest BCUT2D eigenvalue weighted by Crippen LogP contribution is -2.50. The first-order chi connectivity index (χ1) is 11.3. The Morgan fingerprint density at radius 3 is 2.91 bits per heavy atom. The van der Waals surface area contributed by atoms with E-state index in [-0.39, 0.29) is 18.1 Å². The van der Waals surface area contributed by atoms with Crippen molar-refractivity contribution in [3.05, 3.63) is 53.9 Å². The van der Waals surface area contributed by atoms with E-state index in [9.17, 15) is 4.79 Å². The van der Waals surface area contributed by atoms with Crippen molar-refractivity contribution in [2.75, 3.05) is 26.2 Å². The second-order valence-electron chi connectivity index (χ2n) is 6.11. The molecule has 120 valence electrons. The van der Waals surface area contributed by atoms with Crippen LogP contribution in [-0.2, 0) is 11.3 Å². The molecular formula is C17H20N4O2. The van der Waals surface area contributed by atoms with E-state index in [2.05, 4.69) is 39.4 Å². The summed E-state index contributed by atoms with van der Waals surface area (Å²) < 4.78 is 5.91. The minimum Gasteiger partial charge on any atom is -0.373 e. The van der Waals surface area contributed by atoms with Gasteiger partial charge in [0.05, 0.1) is 18.8 Å². The predicted molar refractivity (Wildman–Crippen MR) is 84.9 cm³/mol. The molecule has 0 unspecified atom stereocenters. The van der Waals surface area contributed by atoms with Gasteiger partial charge in [-0.05, 0) is 11.6 Å². The van der Waals surface area contributed by atoms with Gasteiger partial charge < -0.3 is 9.64 Å². The molecule has 1 aromatic carbocycles. The predicted octanol–water partition coefficient (Wildman–Crippen LogP) is 1.14. The third kappa shape index (κ3) is 2.87. The number of aromatic amines is 1. The number of aromatic nitrogens is 2. The van der Waals surface area contributed by atoms with Crippen LogP contribution in [0.15, 0.2) is 42.6 Å². The zero-order chi connectivity index (χ0) is 15.6. The maximum atomic E-state index is 12.5. The normalized spacial score (nSPS) is 24.6. The smallest absolute Gasteiger partial charge is 0.272 e. The van der Waals surface area contributed by atoms with Crippen LogP contribution in [0.4, 0.5) is 0 Å². The van der Waals surface area contributed by atoms with Crippen molar-refractivity contribution in [3.63, 3.8) is 0 Å². The molecule has 1 aromatic heterocycles. The summed E-state index contributed by atoms with van der Waals surface area (Å²) in [5.41, 5.74) is 1.84. The number of fused-ring (bicyclic) bond motifs is 1. The van der Waals surface area contributed by atoms with Crippen molar-refractivity contribution >= 4 is 5.91 Å². The Hall–Kier alpha value is -2.18. The Labute approximate surface area is 135 Å². The number of H-pyrrole nitrogens is 1. The highest BCUT2D eigenvalue weighted by atomic mass is 16.5. The molecule has 2 fully saturated rings. The van der Waals surface area contributed by atoms with Crippen LogP contribution in [-0.4, -0.2) is 64.3 Å². The lowest BCUT2D eigenvalue weighted by Gasteiger charge is -2.36. The van der Waals surface area contributed by atoms with Gasteiger partial charge in [0.25, 0.3) is 5.91 Å². The zero-order valence-corrected chi connectivity index (χ0v) is 12.9. The maximum absolute atomic E-state index is 12.5. The fraction of sp³-hybridized carbons (Fsp3) is 0.412. The molecule has 2 saturated heterocycles. The van der Waals surface area contributed by atoms with Crippen LogP contribution in [0.1, 0.15) is 16.1 Å². The van der Waals surface area contributed by atoms with E-state index in [1.165, 1.54) is 5.56 Å². The third-order valence-electron chi connectivity index (χ3n) is 4.66. The van der Waals surface area contributed by atoms with Crippen molar-refractivity contribution in [3.8, 4) is 0 Å². The number of rotatable bonds is 3. The van der Waals surface area contributed by atoms with Gasteiger partial charge in [-0.1, -0.05) is 30.3 Å². The van der Waals surface area contributed by atoms with E-state index in [1.54, 1.807) is 12.3 Å². The number of morpholine rings is 1. The highest BCUT2D eigenvalue weighted by Gasteiger charge is 2.42. The van der Waals surface area contributed by atoms with Crippen LogP contribution in [0.3, 0.4) is 0 Å². The SMILES string of the molecule is O=C(c1ccn[nH]1)N1C[C@@H]2[C@@H](C1)OCCN2Cc1ccccc1.